The second kappa shape index (κ2) is 4.69. The number of aromatic nitrogens is 4. The van der Waals surface area contributed by atoms with Crippen molar-refractivity contribution < 1.29 is 0 Å². The predicted molar refractivity (Wildman–Crippen MR) is 72.2 cm³/mol. The van der Waals surface area contributed by atoms with E-state index in [1.807, 2.05) is 10.8 Å². The summed E-state index contributed by atoms with van der Waals surface area (Å²) in [5, 5.41) is 0.459. The lowest BCUT2D eigenvalue weighted by atomic mass is 9.96. The maximum Gasteiger partial charge on any atom is 0.143 e. The van der Waals surface area contributed by atoms with Crippen LogP contribution in [0.2, 0.25) is 5.15 Å². The van der Waals surface area contributed by atoms with Crippen molar-refractivity contribution >= 4 is 11.6 Å². The molecule has 0 bridgehead atoms. The first kappa shape index (κ1) is 13.0. The molecule has 0 spiro atoms. The van der Waals surface area contributed by atoms with Crippen LogP contribution < -0.4 is 0 Å². The van der Waals surface area contributed by atoms with E-state index in [2.05, 4.69) is 42.6 Å². The molecule has 0 N–H and O–H groups in total. The van der Waals surface area contributed by atoms with E-state index in [0.717, 1.165) is 23.9 Å². The Morgan fingerprint density at radius 1 is 1.28 bits per heavy atom. The van der Waals surface area contributed by atoms with Gasteiger partial charge >= 0.3 is 0 Å². The van der Waals surface area contributed by atoms with Gasteiger partial charge in [0, 0.05) is 30.3 Å². The lowest BCUT2D eigenvalue weighted by Crippen LogP contribution is -2.17. The second-order valence-electron chi connectivity index (χ2n) is 5.19. The van der Waals surface area contributed by atoms with Crippen LogP contribution in [-0.2, 0) is 11.8 Å². The lowest BCUT2D eigenvalue weighted by Gasteiger charge is -2.18. The van der Waals surface area contributed by atoms with Crippen molar-refractivity contribution in [1.82, 2.24) is 19.5 Å². The molecule has 0 saturated heterocycles. The number of halogens is 1. The van der Waals surface area contributed by atoms with Gasteiger partial charge in [-0.3, -0.25) is 4.57 Å². The summed E-state index contributed by atoms with van der Waals surface area (Å²) in [6.07, 6.45) is 4.51. The SMILES string of the molecule is CCc1nccn1-c1cc(Cl)nc(C(C)(C)C)n1. The molecule has 0 radical (unpaired) electrons. The van der Waals surface area contributed by atoms with E-state index >= 15 is 0 Å². The molecule has 2 aromatic heterocycles. The number of nitrogens with zero attached hydrogens (tertiary/aromatic N) is 4. The summed E-state index contributed by atoms with van der Waals surface area (Å²) in [6, 6.07) is 1.76. The molecule has 0 aliphatic carbocycles. The van der Waals surface area contributed by atoms with E-state index in [1.165, 1.54) is 0 Å². The minimum atomic E-state index is -0.132. The minimum Gasteiger partial charge on any atom is -0.288 e. The Balaban J connectivity index is 2.56. The molecule has 0 aliphatic rings. The van der Waals surface area contributed by atoms with Crippen molar-refractivity contribution in [1.29, 1.82) is 0 Å². The summed E-state index contributed by atoms with van der Waals surface area (Å²) in [5.41, 5.74) is -0.132. The molecule has 0 atom stereocenters. The van der Waals surface area contributed by atoms with Crippen molar-refractivity contribution in [3.05, 3.63) is 35.3 Å². The van der Waals surface area contributed by atoms with E-state index in [4.69, 9.17) is 11.6 Å². The molecule has 2 aromatic rings. The van der Waals surface area contributed by atoms with Gasteiger partial charge in [-0.05, 0) is 0 Å². The van der Waals surface area contributed by atoms with Crippen LogP contribution in [0.3, 0.4) is 0 Å². The fraction of sp³-hybridized carbons (Fsp3) is 0.462. The van der Waals surface area contributed by atoms with Crippen LogP contribution in [0.5, 0.6) is 0 Å². The second-order valence-corrected chi connectivity index (χ2v) is 5.58. The molecular formula is C13H17ClN4. The average Bonchev–Trinajstić information content (AvgIpc) is 2.74. The van der Waals surface area contributed by atoms with E-state index in [9.17, 15) is 0 Å². The van der Waals surface area contributed by atoms with Crippen LogP contribution in [0.15, 0.2) is 18.5 Å². The first-order valence-electron chi connectivity index (χ1n) is 5.99. The van der Waals surface area contributed by atoms with Crippen molar-refractivity contribution in [2.24, 2.45) is 0 Å². The van der Waals surface area contributed by atoms with E-state index in [-0.39, 0.29) is 5.41 Å². The Bertz CT molecular complexity index is 554. The van der Waals surface area contributed by atoms with Crippen LogP contribution in [0.4, 0.5) is 0 Å². The largest absolute Gasteiger partial charge is 0.288 e. The van der Waals surface area contributed by atoms with Gasteiger partial charge in [-0.25, -0.2) is 15.0 Å². The molecule has 5 heteroatoms. The average molecular weight is 265 g/mol. The van der Waals surface area contributed by atoms with Gasteiger partial charge < -0.3 is 0 Å². The molecule has 18 heavy (non-hydrogen) atoms. The molecule has 4 nitrogen and oxygen atoms in total. The molecular weight excluding hydrogens is 248 g/mol. The first-order valence-corrected chi connectivity index (χ1v) is 6.37. The summed E-state index contributed by atoms with van der Waals surface area (Å²) in [5.74, 6) is 2.47. The third-order valence-electron chi connectivity index (χ3n) is 2.63. The summed E-state index contributed by atoms with van der Waals surface area (Å²) in [6.45, 7) is 8.26. The molecule has 0 fully saturated rings. The number of imidazole rings is 1. The van der Waals surface area contributed by atoms with E-state index in [0.29, 0.717) is 5.15 Å². The Labute approximate surface area is 112 Å². The molecule has 0 amide bonds. The first-order chi connectivity index (χ1) is 8.41. The summed E-state index contributed by atoms with van der Waals surface area (Å²) in [4.78, 5) is 13.2. The Hall–Kier alpha value is -1.42. The van der Waals surface area contributed by atoms with E-state index in [1.54, 1.807) is 12.3 Å². The van der Waals surface area contributed by atoms with Crippen molar-refractivity contribution in [3.8, 4) is 5.82 Å². The normalized spacial score (nSPS) is 11.8. The zero-order chi connectivity index (χ0) is 13.3. The highest BCUT2D eigenvalue weighted by atomic mass is 35.5. The van der Waals surface area contributed by atoms with Gasteiger partial charge in [0.05, 0.1) is 0 Å². The highest BCUT2D eigenvalue weighted by Gasteiger charge is 2.19. The minimum absolute atomic E-state index is 0.132. The zero-order valence-electron chi connectivity index (χ0n) is 11.1. The quantitative estimate of drug-likeness (QED) is 0.783. The van der Waals surface area contributed by atoms with Crippen LogP contribution in [0.1, 0.15) is 39.3 Å². The van der Waals surface area contributed by atoms with Crippen LogP contribution in [0, 0.1) is 0 Å². The lowest BCUT2D eigenvalue weighted by molar-refractivity contribution is 0.543. The summed E-state index contributed by atoms with van der Waals surface area (Å²) in [7, 11) is 0. The Morgan fingerprint density at radius 3 is 2.61 bits per heavy atom. The topological polar surface area (TPSA) is 43.6 Å². The fourth-order valence-electron chi connectivity index (χ4n) is 1.67. The van der Waals surface area contributed by atoms with Gasteiger partial charge in [0.25, 0.3) is 0 Å². The van der Waals surface area contributed by atoms with Gasteiger partial charge in [0.2, 0.25) is 0 Å². The van der Waals surface area contributed by atoms with Gasteiger partial charge in [-0.2, -0.15) is 0 Å². The third kappa shape index (κ3) is 2.53. The molecule has 2 heterocycles. The Kier molecular flexibility index (Phi) is 3.39. The van der Waals surface area contributed by atoms with Crippen LogP contribution in [0.25, 0.3) is 5.82 Å². The number of rotatable bonds is 2. The maximum atomic E-state index is 6.08. The van der Waals surface area contributed by atoms with E-state index < -0.39 is 0 Å². The molecule has 0 saturated carbocycles. The molecule has 0 aliphatic heterocycles. The van der Waals surface area contributed by atoms with Crippen molar-refractivity contribution in [2.45, 2.75) is 39.5 Å². The number of aryl methyl sites for hydroxylation is 1. The van der Waals surface area contributed by atoms with Crippen LogP contribution in [-0.4, -0.2) is 19.5 Å². The van der Waals surface area contributed by atoms with Crippen molar-refractivity contribution in [3.63, 3.8) is 0 Å². The summed E-state index contributed by atoms with van der Waals surface area (Å²) < 4.78 is 1.95. The maximum absolute atomic E-state index is 6.08. The fourth-order valence-corrected chi connectivity index (χ4v) is 1.85. The molecule has 0 unspecified atom stereocenters. The highest BCUT2D eigenvalue weighted by Crippen LogP contribution is 2.22. The third-order valence-corrected chi connectivity index (χ3v) is 2.83. The monoisotopic (exact) mass is 264 g/mol. The van der Waals surface area contributed by atoms with Crippen molar-refractivity contribution in [2.75, 3.05) is 0 Å². The smallest absolute Gasteiger partial charge is 0.143 e. The van der Waals surface area contributed by atoms with Gasteiger partial charge in [0.1, 0.15) is 22.6 Å². The van der Waals surface area contributed by atoms with Crippen LogP contribution >= 0.6 is 11.6 Å². The zero-order valence-corrected chi connectivity index (χ0v) is 11.9. The standard InChI is InChI=1S/C13H17ClN4/c1-5-10-15-6-7-18(10)11-8-9(14)16-12(17-11)13(2,3)4/h6-8H,5H2,1-4H3. The molecule has 0 aromatic carbocycles. The van der Waals surface area contributed by atoms with Gasteiger partial charge in [-0.15, -0.1) is 0 Å². The molecule has 2 rings (SSSR count). The highest BCUT2D eigenvalue weighted by molar-refractivity contribution is 6.29. The Morgan fingerprint density at radius 2 is 2.00 bits per heavy atom. The number of hydrogen-bond acceptors (Lipinski definition) is 3. The number of hydrogen-bond donors (Lipinski definition) is 0. The predicted octanol–water partition coefficient (Wildman–Crippen LogP) is 3.18. The van der Waals surface area contributed by atoms with Gasteiger partial charge in [-0.1, -0.05) is 39.3 Å². The summed E-state index contributed by atoms with van der Waals surface area (Å²) >= 11 is 6.08. The molecule has 96 valence electrons. The van der Waals surface area contributed by atoms with Gasteiger partial charge in [0.15, 0.2) is 0 Å².